The van der Waals surface area contributed by atoms with Crippen molar-refractivity contribution in [1.29, 1.82) is 0 Å². The Morgan fingerprint density at radius 1 is 0.424 bits per heavy atom. The molecule has 1 N–H and O–H groups in total. The zero-order chi connectivity index (χ0) is 90.8. The third kappa shape index (κ3) is 30.1. The van der Waals surface area contributed by atoms with Crippen LogP contribution in [0.5, 0.6) is 0 Å². The van der Waals surface area contributed by atoms with E-state index in [0.717, 1.165) is 71.2 Å². The number of aromatic nitrogens is 10. The van der Waals surface area contributed by atoms with E-state index in [1.807, 2.05) is 127 Å². The molecule has 12 nitrogen and oxygen atoms in total. The molecule has 5 fully saturated rings. The number of aliphatic imine (C=N–C) groups is 1. The molecule has 699 valence electrons. The second-order valence-electron chi connectivity index (χ2n) is 39.1. The first kappa shape index (κ1) is 105. The molecule has 0 amide bonds. The number of pyridine rings is 6. The van der Waals surface area contributed by atoms with Crippen LogP contribution in [0.3, 0.4) is 0 Å². The summed E-state index contributed by atoms with van der Waals surface area (Å²) < 4.78 is 60.9. The van der Waals surface area contributed by atoms with Crippen LogP contribution in [-0.2, 0) is 90.7 Å². The standard InChI is InChI=1S/C24H32N2.C20H22F2N.C20H24N.C17H17F2N2.C15H13BN2.C13H16NO.C3H4N2.3Ir/c1-23(9-3-4-10-23)17-19-7-13-25-21(15-19)22-16-20(8-14-26-22)18-24(2)11-5-6-12-24;1-20(9-3-2-4-10-20)11-7-15-8-12-23-19(13-15)16-5-6-17(21)18(22)14-16;1-16(20(2)12-7-4-8-13-20)18-11-14-21-19(15-18)17-9-5-3-6-10-17;1-17(7-2-3-8-17)11-12-6-9-20-14(10-12)13-4-5-15(18)21-16(13)19;1-3-8-14(9-4-1)16(18-13-7-12-17-18)15-10-5-2-6-11-15;1-12(2)13(3,4)15-11(14-12)10-8-6-5-7-9-10;1-2-4-5-3-1;;;/h7-8,13-16H,3-6,9-12,17-18H2,1-2H3;6,8,12-14H,2-4,7,9-11H2,1H3;3,5-6,9,11,14-16H,4,7-8,12-13H2,1-2H3;5-6,9-10H,2-3,7-8,11H2,1H3;1-13H;5-8H,1-4H3;1-3H,(H,4,5);;;/q;3*-1;;-1;;;;. The third-order valence-corrected chi connectivity index (χ3v) is 28.0. The van der Waals surface area contributed by atoms with Crippen molar-refractivity contribution >= 4 is 23.7 Å². The first-order valence-corrected chi connectivity index (χ1v) is 46.8. The molecule has 13 aromatic rings. The van der Waals surface area contributed by atoms with Gasteiger partial charge < -0.3 is 24.3 Å². The third-order valence-electron chi connectivity index (χ3n) is 28.0. The van der Waals surface area contributed by atoms with Gasteiger partial charge in [-0.25, -0.2) is 13.2 Å². The van der Waals surface area contributed by atoms with Crippen LogP contribution in [0.2, 0.25) is 0 Å². The fourth-order valence-corrected chi connectivity index (χ4v) is 19.3. The number of aryl methyl sites for hydroxylation is 1. The summed E-state index contributed by atoms with van der Waals surface area (Å²) in [6.45, 7) is 22.9. The first-order valence-electron chi connectivity index (χ1n) is 46.8. The summed E-state index contributed by atoms with van der Waals surface area (Å²) in [5, 5.41) is 10.6. The Balaban J connectivity index is 0.000000163. The van der Waals surface area contributed by atoms with E-state index in [4.69, 9.17) is 4.74 Å². The SMILES string of the molecule is CC(c1ccnc(-c2[c-]cccc2)c1)C1(C)CCCCC1.CC1(C)N=C(c2[c-]cccc2)OC1(C)C.CC1(CCc2ccnc(-c3[c-]cc(F)c(F)c3)c2)CCCCC1.CC1(Cc2ccnc(-c3[c-]cc(F)nc3F)c2)CCCC1.CC1(Cc2ccnc(-c3cc(CC4(C)CCCC4)ccn3)c2)CCCC1.[Ir].[Ir].[Ir].c1ccc(B(c2ccccc2)n2cccn2)cc1.c1cn[nH]c1. The van der Waals surface area contributed by atoms with Gasteiger partial charge in [0, 0.05) is 116 Å². The van der Waals surface area contributed by atoms with Crippen molar-refractivity contribution in [2.75, 3.05) is 0 Å². The van der Waals surface area contributed by atoms with E-state index in [1.54, 1.807) is 24.8 Å². The van der Waals surface area contributed by atoms with Crippen molar-refractivity contribution < 1.29 is 82.6 Å². The maximum Gasteiger partial charge on any atom is 0.348 e. The van der Waals surface area contributed by atoms with E-state index >= 15 is 0 Å². The molecule has 0 spiro atoms. The Morgan fingerprint density at radius 2 is 0.886 bits per heavy atom. The van der Waals surface area contributed by atoms with Gasteiger partial charge in [0.1, 0.15) is 23.4 Å². The van der Waals surface area contributed by atoms with Crippen molar-refractivity contribution in [2.45, 2.75) is 260 Å². The molecule has 5 aromatic carbocycles. The minimum absolute atomic E-state index is 0. The Morgan fingerprint density at radius 3 is 1.35 bits per heavy atom. The molecule has 132 heavy (non-hydrogen) atoms. The summed E-state index contributed by atoms with van der Waals surface area (Å²) in [5.41, 5.74) is 17.6. The molecule has 9 heterocycles. The normalized spacial score (nSPS) is 17.1. The fraction of sp³-hybridized carbons (Fsp3) is 0.402. The summed E-state index contributed by atoms with van der Waals surface area (Å²) in [5.74, 6) is -2.19. The second-order valence-corrected chi connectivity index (χ2v) is 39.1. The quantitative estimate of drug-likeness (QED) is 0.0362. The summed E-state index contributed by atoms with van der Waals surface area (Å²) in [4.78, 5) is 30.0. The molecule has 1 aliphatic heterocycles. The van der Waals surface area contributed by atoms with Gasteiger partial charge in [0.25, 0.3) is 0 Å². The largest absolute Gasteiger partial charge is 0.512 e. The van der Waals surface area contributed by atoms with Crippen LogP contribution in [0.15, 0.2) is 261 Å². The predicted octanol–water partition coefficient (Wildman–Crippen LogP) is 26.8. The van der Waals surface area contributed by atoms with Crippen LogP contribution >= 0.6 is 0 Å². The summed E-state index contributed by atoms with van der Waals surface area (Å²) in [7, 11) is 0. The predicted molar refractivity (Wildman–Crippen MR) is 516 cm³/mol. The van der Waals surface area contributed by atoms with Crippen molar-refractivity contribution in [3.8, 4) is 45.2 Å². The molecular formula is C112H128BF4Ir3N11O-4. The number of hydrogen-bond donors (Lipinski definition) is 1. The average Bonchev–Trinajstić information content (AvgIpc) is 1.61. The number of benzene rings is 5. The van der Waals surface area contributed by atoms with Gasteiger partial charge >= 0.3 is 6.85 Å². The summed E-state index contributed by atoms with van der Waals surface area (Å²) in [6.07, 6.45) is 51.5. The maximum atomic E-state index is 13.7. The number of nitrogens with one attached hydrogen (secondary N) is 1. The summed E-state index contributed by atoms with van der Waals surface area (Å²) in [6, 6.07) is 76.6. The van der Waals surface area contributed by atoms with Gasteiger partial charge in [-0.3, -0.25) is 29.4 Å². The molecule has 6 aliphatic rings. The molecule has 0 saturated heterocycles. The molecule has 5 saturated carbocycles. The van der Waals surface area contributed by atoms with E-state index in [9.17, 15) is 17.6 Å². The minimum Gasteiger partial charge on any atom is -0.512 e. The van der Waals surface area contributed by atoms with E-state index in [1.165, 1.54) is 187 Å². The number of aromatic amines is 1. The molecular weight excluding hydrogens is 2180 g/mol. The number of nitrogens with zero attached hydrogens (tertiary/aromatic N) is 10. The van der Waals surface area contributed by atoms with Gasteiger partial charge in [0.2, 0.25) is 0 Å². The first-order chi connectivity index (χ1) is 62.2. The topological polar surface area (TPSA) is 145 Å². The zero-order valence-corrected chi connectivity index (χ0v) is 85.6. The molecule has 1 atom stereocenters. The zero-order valence-electron chi connectivity index (χ0n) is 78.4. The average molecular weight is 2310 g/mol. The monoisotopic (exact) mass is 2310 g/mol. The van der Waals surface area contributed by atoms with E-state index in [-0.39, 0.29) is 83.9 Å². The van der Waals surface area contributed by atoms with Crippen molar-refractivity contribution in [1.82, 2.24) is 49.8 Å². The molecule has 19 rings (SSSR count). The van der Waals surface area contributed by atoms with Gasteiger partial charge in [0.05, 0.1) is 28.6 Å². The van der Waals surface area contributed by atoms with Crippen LogP contribution < -0.4 is 10.9 Å². The van der Waals surface area contributed by atoms with Gasteiger partial charge in [-0.05, 0) is 251 Å². The fourth-order valence-electron chi connectivity index (χ4n) is 19.3. The molecule has 3 radical (unpaired) electrons. The number of ether oxygens (including phenoxy) is 1. The van der Waals surface area contributed by atoms with Gasteiger partial charge in [-0.15, -0.1) is 96.1 Å². The van der Waals surface area contributed by atoms with Gasteiger partial charge in [-0.1, -0.05) is 231 Å². The van der Waals surface area contributed by atoms with Crippen LogP contribution in [0.1, 0.15) is 256 Å². The Labute approximate surface area is 823 Å². The van der Waals surface area contributed by atoms with E-state index in [0.29, 0.717) is 55.8 Å². The number of H-pyrrole nitrogens is 1. The van der Waals surface area contributed by atoms with Gasteiger partial charge in [-0.2, -0.15) is 10.2 Å². The number of hydrogen-bond acceptors (Lipinski definition) is 10. The molecule has 1 unspecified atom stereocenters. The molecule has 8 aromatic heterocycles. The van der Waals surface area contributed by atoms with E-state index < -0.39 is 23.5 Å². The van der Waals surface area contributed by atoms with E-state index in [2.05, 4.69) is 235 Å². The van der Waals surface area contributed by atoms with Crippen molar-refractivity contribution in [2.24, 2.45) is 32.1 Å². The molecule has 20 heteroatoms. The van der Waals surface area contributed by atoms with Crippen LogP contribution in [0, 0.1) is 74.9 Å². The Hall–Kier alpha value is -9.38. The molecule has 0 bridgehead atoms. The van der Waals surface area contributed by atoms with Crippen molar-refractivity contribution in [3.63, 3.8) is 0 Å². The van der Waals surface area contributed by atoms with Crippen LogP contribution in [-0.4, -0.2) is 73.7 Å². The Bertz CT molecular complexity index is 5510. The second kappa shape index (κ2) is 49.7. The minimum atomic E-state index is -0.880. The van der Waals surface area contributed by atoms with Crippen LogP contribution in [0.4, 0.5) is 17.6 Å². The maximum absolute atomic E-state index is 13.7. The van der Waals surface area contributed by atoms with Crippen LogP contribution in [0.25, 0.3) is 45.2 Å². The summed E-state index contributed by atoms with van der Waals surface area (Å²) >= 11 is 0. The Kier molecular flexibility index (Phi) is 39.5. The van der Waals surface area contributed by atoms with Gasteiger partial charge in [0.15, 0.2) is 0 Å². The molecule has 5 aliphatic carbocycles. The van der Waals surface area contributed by atoms with Crippen molar-refractivity contribution in [3.05, 3.63) is 337 Å². The number of halogens is 4. The smallest absolute Gasteiger partial charge is 0.348 e. The number of rotatable bonds is 19.